The van der Waals surface area contributed by atoms with Crippen LogP contribution in [-0.4, -0.2) is 35.2 Å². The number of nitrogens with one attached hydrogen (secondary N) is 1. The van der Waals surface area contributed by atoms with Crippen LogP contribution in [0.1, 0.15) is 5.56 Å². The number of benzene rings is 2. The number of nitrogens with zero attached hydrogens (tertiary/aromatic N) is 1. The second-order valence-corrected chi connectivity index (χ2v) is 10.0. The first-order valence-electron chi connectivity index (χ1n) is 6.85. The summed E-state index contributed by atoms with van der Waals surface area (Å²) < 4.78 is 53.7. The molecule has 0 aliphatic rings. The first-order valence-corrected chi connectivity index (χ1v) is 10.6. The van der Waals surface area contributed by atoms with E-state index in [0.29, 0.717) is 5.69 Å². The van der Waals surface area contributed by atoms with Crippen LogP contribution in [0.25, 0.3) is 0 Å². The molecule has 0 heterocycles. The third-order valence-electron chi connectivity index (χ3n) is 3.30. The van der Waals surface area contributed by atoms with E-state index in [1.54, 1.807) is 18.2 Å². The van der Waals surface area contributed by atoms with Gasteiger partial charge in [-0.25, -0.2) is 21.1 Å². The zero-order valence-corrected chi connectivity index (χ0v) is 16.5. The van der Waals surface area contributed by atoms with Crippen molar-refractivity contribution in [2.24, 2.45) is 0 Å². The van der Waals surface area contributed by atoms with Crippen molar-refractivity contribution in [3.05, 3.63) is 52.5 Å². The largest absolute Gasteiger partial charge is 0.280 e. The lowest BCUT2D eigenvalue weighted by molar-refractivity contribution is 0.520. The maximum atomic E-state index is 12.5. The molecule has 2 aromatic carbocycles. The van der Waals surface area contributed by atoms with Crippen LogP contribution in [0.2, 0.25) is 0 Å². The number of rotatable bonds is 5. The Morgan fingerprint density at radius 1 is 0.958 bits per heavy atom. The molecule has 0 aromatic heterocycles. The molecule has 0 bridgehead atoms. The molecule has 0 unspecified atom stereocenters. The minimum absolute atomic E-state index is 0.0811. The Kier molecular flexibility index (Phi) is 5.38. The van der Waals surface area contributed by atoms with Gasteiger partial charge in [-0.05, 0) is 48.9 Å². The van der Waals surface area contributed by atoms with Crippen molar-refractivity contribution in [3.8, 4) is 0 Å². The van der Waals surface area contributed by atoms with E-state index in [-0.39, 0.29) is 9.79 Å². The summed E-state index contributed by atoms with van der Waals surface area (Å²) in [6.45, 7) is 1.84. The average Bonchev–Trinajstić information content (AvgIpc) is 2.50. The Labute approximate surface area is 150 Å². The van der Waals surface area contributed by atoms with Crippen LogP contribution in [0, 0.1) is 6.92 Å². The molecular formula is C15H17BrN2O4S2. The molecule has 6 nitrogen and oxygen atoms in total. The quantitative estimate of drug-likeness (QED) is 0.786. The summed E-state index contributed by atoms with van der Waals surface area (Å²) in [7, 11) is -4.83. The minimum atomic E-state index is -3.90. The van der Waals surface area contributed by atoms with E-state index in [1.807, 2.05) is 6.92 Å². The van der Waals surface area contributed by atoms with Gasteiger partial charge in [0.1, 0.15) is 0 Å². The van der Waals surface area contributed by atoms with Gasteiger partial charge in [0, 0.05) is 24.3 Å². The highest BCUT2D eigenvalue weighted by Gasteiger charge is 2.21. The monoisotopic (exact) mass is 432 g/mol. The van der Waals surface area contributed by atoms with Crippen molar-refractivity contribution in [1.82, 2.24) is 4.31 Å². The predicted molar refractivity (Wildman–Crippen MR) is 97.0 cm³/mol. The number of hydrogen-bond donors (Lipinski definition) is 1. The summed E-state index contributed by atoms with van der Waals surface area (Å²) in [6, 6.07) is 10.3. The molecule has 0 fully saturated rings. The van der Waals surface area contributed by atoms with Crippen LogP contribution in [0.5, 0.6) is 0 Å². The van der Waals surface area contributed by atoms with Gasteiger partial charge in [-0.15, -0.1) is 0 Å². The van der Waals surface area contributed by atoms with Gasteiger partial charge >= 0.3 is 0 Å². The van der Waals surface area contributed by atoms with E-state index < -0.39 is 20.0 Å². The van der Waals surface area contributed by atoms with Gasteiger partial charge in [-0.2, -0.15) is 0 Å². The van der Waals surface area contributed by atoms with Crippen LogP contribution < -0.4 is 4.72 Å². The van der Waals surface area contributed by atoms with Crippen molar-refractivity contribution in [2.45, 2.75) is 16.7 Å². The molecule has 2 rings (SSSR count). The topological polar surface area (TPSA) is 83.5 Å². The van der Waals surface area contributed by atoms with E-state index >= 15 is 0 Å². The fourth-order valence-corrected chi connectivity index (χ4v) is 4.30. The highest BCUT2D eigenvalue weighted by Crippen LogP contribution is 2.24. The Hall–Kier alpha value is -1.42. The Morgan fingerprint density at radius 2 is 1.58 bits per heavy atom. The molecule has 0 saturated heterocycles. The number of hydrogen-bond acceptors (Lipinski definition) is 4. The van der Waals surface area contributed by atoms with E-state index in [2.05, 4.69) is 20.7 Å². The molecule has 0 radical (unpaired) electrons. The first kappa shape index (κ1) is 18.9. The van der Waals surface area contributed by atoms with Gasteiger partial charge in [0.2, 0.25) is 10.0 Å². The summed E-state index contributed by atoms with van der Waals surface area (Å²) >= 11 is 3.35. The Balaban J connectivity index is 2.41. The lowest BCUT2D eigenvalue weighted by atomic mass is 10.2. The summed E-state index contributed by atoms with van der Waals surface area (Å²) in [6.07, 6.45) is 0. The molecule has 9 heteroatoms. The molecule has 0 spiro atoms. The first-order chi connectivity index (χ1) is 11.0. The molecule has 0 aliphatic carbocycles. The zero-order chi connectivity index (χ0) is 18.1. The van der Waals surface area contributed by atoms with Crippen LogP contribution in [0.15, 0.2) is 56.7 Å². The molecule has 0 amide bonds. The van der Waals surface area contributed by atoms with E-state index in [9.17, 15) is 16.8 Å². The second kappa shape index (κ2) is 6.83. The molecule has 0 atom stereocenters. The molecular weight excluding hydrogens is 416 g/mol. The Morgan fingerprint density at radius 3 is 2.17 bits per heavy atom. The van der Waals surface area contributed by atoms with Crippen LogP contribution in [0.4, 0.5) is 5.69 Å². The Bertz CT molecular complexity index is 971. The second-order valence-electron chi connectivity index (χ2n) is 5.33. The van der Waals surface area contributed by atoms with Gasteiger partial charge in [-0.1, -0.05) is 22.0 Å². The van der Waals surface area contributed by atoms with Crippen LogP contribution in [-0.2, 0) is 20.0 Å². The van der Waals surface area contributed by atoms with Gasteiger partial charge in [0.25, 0.3) is 10.0 Å². The SMILES string of the molecule is Cc1cc(NS(=O)(=O)c2cccc(S(=O)(=O)N(C)C)c2)ccc1Br. The fourth-order valence-electron chi connectivity index (χ4n) is 1.93. The molecule has 24 heavy (non-hydrogen) atoms. The van der Waals surface area contributed by atoms with Crippen molar-refractivity contribution >= 4 is 41.7 Å². The van der Waals surface area contributed by atoms with Gasteiger partial charge in [0.15, 0.2) is 0 Å². The summed E-state index contributed by atoms with van der Waals surface area (Å²) in [5.41, 5.74) is 1.27. The highest BCUT2D eigenvalue weighted by molar-refractivity contribution is 9.10. The molecule has 0 saturated carbocycles. The van der Waals surface area contributed by atoms with E-state index in [0.717, 1.165) is 20.4 Å². The van der Waals surface area contributed by atoms with Crippen LogP contribution >= 0.6 is 15.9 Å². The molecule has 130 valence electrons. The fraction of sp³-hybridized carbons (Fsp3) is 0.200. The standard InChI is InChI=1S/C15H17BrN2O4S2/c1-11-9-12(7-8-15(11)16)17-23(19,20)13-5-4-6-14(10-13)24(21,22)18(2)3/h4-10,17H,1-3H3. The lowest BCUT2D eigenvalue weighted by Gasteiger charge is -2.13. The number of anilines is 1. The molecule has 1 N–H and O–H groups in total. The third-order valence-corrected chi connectivity index (χ3v) is 7.38. The van der Waals surface area contributed by atoms with Crippen molar-refractivity contribution in [1.29, 1.82) is 0 Å². The number of halogens is 1. The highest BCUT2D eigenvalue weighted by atomic mass is 79.9. The summed E-state index contributed by atoms with van der Waals surface area (Å²) in [4.78, 5) is -0.201. The third kappa shape index (κ3) is 3.97. The van der Waals surface area contributed by atoms with Crippen molar-refractivity contribution in [3.63, 3.8) is 0 Å². The number of aryl methyl sites for hydroxylation is 1. The minimum Gasteiger partial charge on any atom is -0.280 e. The summed E-state index contributed by atoms with van der Waals surface area (Å²) in [5.74, 6) is 0. The predicted octanol–water partition coefficient (Wildman–Crippen LogP) is 2.81. The van der Waals surface area contributed by atoms with Crippen molar-refractivity contribution in [2.75, 3.05) is 18.8 Å². The smallest absolute Gasteiger partial charge is 0.261 e. The van der Waals surface area contributed by atoms with Crippen molar-refractivity contribution < 1.29 is 16.8 Å². The zero-order valence-electron chi connectivity index (χ0n) is 13.3. The summed E-state index contributed by atoms with van der Waals surface area (Å²) in [5, 5.41) is 0. The van der Waals surface area contributed by atoms with E-state index in [4.69, 9.17) is 0 Å². The van der Waals surface area contributed by atoms with Gasteiger partial charge < -0.3 is 0 Å². The lowest BCUT2D eigenvalue weighted by Crippen LogP contribution is -2.22. The normalized spacial score (nSPS) is 12.4. The van der Waals surface area contributed by atoms with Gasteiger partial charge in [-0.3, -0.25) is 4.72 Å². The van der Waals surface area contributed by atoms with Crippen LogP contribution in [0.3, 0.4) is 0 Å². The maximum absolute atomic E-state index is 12.5. The maximum Gasteiger partial charge on any atom is 0.261 e. The average molecular weight is 433 g/mol. The van der Waals surface area contributed by atoms with E-state index in [1.165, 1.54) is 32.3 Å². The van der Waals surface area contributed by atoms with Gasteiger partial charge in [0.05, 0.1) is 9.79 Å². The molecule has 0 aliphatic heterocycles. The number of sulfonamides is 2. The molecule has 2 aromatic rings.